The summed E-state index contributed by atoms with van der Waals surface area (Å²) in [7, 11) is 1.82. The van der Waals surface area contributed by atoms with Crippen LogP contribution in [-0.2, 0) is 7.05 Å². The molecule has 2 heterocycles. The lowest BCUT2D eigenvalue weighted by atomic mass is 10.3. The van der Waals surface area contributed by atoms with Crippen molar-refractivity contribution in [2.75, 3.05) is 0 Å². The minimum absolute atomic E-state index is 0.247. The molecular weight excluding hydrogens is 224 g/mol. The Morgan fingerprint density at radius 3 is 2.94 bits per heavy atom. The summed E-state index contributed by atoms with van der Waals surface area (Å²) in [5.41, 5.74) is 6.02. The molecule has 0 aliphatic rings. The van der Waals surface area contributed by atoms with Crippen molar-refractivity contribution in [3.05, 3.63) is 36.4 Å². The highest BCUT2D eigenvalue weighted by atomic mass is 32.1. The smallest absolute Gasteiger partial charge is 0.165 e. The minimum atomic E-state index is 0.247. The minimum Gasteiger partial charge on any atom is -0.454 e. The van der Waals surface area contributed by atoms with Crippen molar-refractivity contribution < 1.29 is 4.74 Å². The zero-order chi connectivity index (χ0) is 11.5. The fourth-order valence-corrected chi connectivity index (χ4v) is 1.31. The lowest BCUT2D eigenvalue weighted by Gasteiger charge is -2.03. The average molecular weight is 234 g/mol. The molecule has 6 heteroatoms. The second-order valence-corrected chi connectivity index (χ2v) is 3.63. The summed E-state index contributed by atoms with van der Waals surface area (Å²) in [5, 5.41) is 4.00. The lowest BCUT2D eigenvalue weighted by molar-refractivity contribution is 0.481. The van der Waals surface area contributed by atoms with Gasteiger partial charge in [0.25, 0.3) is 0 Å². The molecule has 0 bridgehead atoms. The third kappa shape index (κ3) is 2.34. The van der Waals surface area contributed by atoms with Crippen molar-refractivity contribution in [1.29, 1.82) is 0 Å². The Hall–Kier alpha value is -1.95. The van der Waals surface area contributed by atoms with Gasteiger partial charge in [0.1, 0.15) is 16.4 Å². The molecule has 2 N–H and O–H groups in total. The van der Waals surface area contributed by atoms with E-state index in [-0.39, 0.29) is 4.99 Å². The third-order valence-electron chi connectivity index (χ3n) is 1.90. The van der Waals surface area contributed by atoms with Gasteiger partial charge in [0.05, 0.1) is 12.4 Å². The Morgan fingerprint density at radius 2 is 2.31 bits per heavy atom. The van der Waals surface area contributed by atoms with Crippen LogP contribution in [-0.4, -0.2) is 19.8 Å². The van der Waals surface area contributed by atoms with Crippen molar-refractivity contribution in [3.63, 3.8) is 0 Å². The molecule has 0 radical (unpaired) electrons. The predicted octanol–water partition coefficient (Wildman–Crippen LogP) is 1.24. The van der Waals surface area contributed by atoms with Gasteiger partial charge in [-0.1, -0.05) is 12.2 Å². The topological polar surface area (TPSA) is 66.0 Å². The zero-order valence-corrected chi connectivity index (χ0v) is 9.44. The lowest BCUT2D eigenvalue weighted by Crippen LogP contribution is -2.11. The van der Waals surface area contributed by atoms with Crippen molar-refractivity contribution in [3.8, 4) is 11.5 Å². The molecule has 2 aromatic heterocycles. The molecule has 2 rings (SSSR count). The molecule has 82 valence electrons. The molecule has 5 nitrogen and oxygen atoms in total. The first-order valence-electron chi connectivity index (χ1n) is 4.57. The molecule has 0 aliphatic heterocycles. The second kappa shape index (κ2) is 4.28. The van der Waals surface area contributed by atoms with Gasteiger partial charge in [-0.15, -0.1) is 0 Å². The molecule has 0 saturated carbocycles. The highest BCUT2D eigenvalue weighted by Gasteiger charge is 2.03. The van der Waals surface area contributed by atoms with Crippen LogP contribution in [0.15, 0.2) is 30.7 Å². The Balaban J connectivity index is 2.21. The fraction of sp³-hybridized carbons (Fsp3) is 0.100. The summed E-state index contributed by atoms with van der Waals surface area (Å²) in [5.74, 6) is 1.29. The first-order chi connectivity index (χ1) is 7.65. The quantitative estimate of drug-likeness (QED) is 0.809. The number of thiocarbonyl (C=S) groups is 1. The van der Waals surface area contributed by atoms with E-state index in [0.29, 0.717) is 17.2 Å². The maximum absolute atomic E-state index is 5.55. The number of aryl methyl sites for hydroxylation is 1. The molecule has 0 atom stereocenters. The summed E-state index contributed by atoms with van der Waals surface area (Å²) in [6.07, 6.45) is 4.99. The highest BCUT2D eigenvalue weighted by molar-refractivity contribution is 7.80. The van der Waals surface area contributed by atoms with Crippen LogP contribution in [0.1, 0.15) is 5.69 Å². The molecule has 0 aliphatic carbocycles. The van der Waals surface area contributed by atoms with Gasteiger partial charge < -0.3 is 10.5 Å². The maximum Gasteiger partial charge on any atom is 0.165 e. The van der Waals surface area contributed by atoms with E-state index in [0.717, 1.165) is 0 Å². The standard InChI is InChI=1S/C10H10N4OS/c1-14-6-8(5-13-14)15-7-2-3-12-9(4-7)10(11)16/h2-6H,1H3,(H2,11,16). The summed E-state index contributed by atoms with van der Waals surface area (Å²) in [6.45, 7) is 0. The Kier molecular flexibility index (Phi) is 2.82. The second-order valence-electron chi connectivity index (χ2n) is 3.19. The van der Waals surface area contributed by atoms with Crippen LogP contribution >= 0.6 is 12.2 Å². The van der Waals surface area contributed by atoms with Crippen LogP contribution in [0, 0.1) is 0 Å². The zero-order valence-electron chi connectivity index (χ0n) is 8.62. The first kappa shape index (κ1) is 10.6. The van der Waals surface area contributed by atoms with Crippen molar-refractivity contribution in [2.24, 2.45) is 12.8 Å². The highest BCUT2D eigenvalue weighted by Crippen LogP contribution is 2.20. The molecule has 0 fully saturated rings. The van der Waals surface area contributed by atoms with Crippen molar-refractivity contribution in [2.45, 2.75) is 0 Å². The van der Waals surface area contributed by atoms with Crippen LogP contribution in [0.2, 0.25) is 0 Å². The SMILES string of the molecule is Cn1cc(Oc2ccnc(C(N)=S)c2)cn1. The molecule has 0 spiro atoms. The number of nitrogens with zero attached hydrogens (tertiary/aromatic N) is 3. The number of pyridine rings is 1. The summed E-state index contributed by atoms with van der Waals surface area (Å²) >= 11 is 4.83. The first-order valence-corrected chi connectivity index (χ1v) is 4.98. The van der Waals surface area contributed by atoms with E-state index in [2.05, 4.69) is 10.1 Å². The molecule has 16 heavy (non-hydrogen) atoms. The van der Waals surface area contributed by atoms with Crippen LogP contribution < -0.4 is 10.5 Å². The van der Waals surface area contributed by atoms with Gasteiger partial charge >= 0.3 is 0 Å². The van der Waals surface area contributed by atoms with E-state index in [4.69, 9.17) is 22.7 Å². The van der Waals surface area contributed by atoms with E-state index in [1.807, 2.05) is 7.05 Å². The van der Waals surface area contributed by atoms with E-state index in [9.17, 15) is 0 Å². The normalized spacial score (nSPS) is 10.1. The molecule has 0 unspecified atom stereocenters. The summed E-state index contributed by atoms with van der Waals surface area (Å²) in [4.78, 5) is 4.27. The number of hydrogen-bond donors (Lipinski definition) is 1. The van der Waals surface area contributed by atoms with E-state index in [1.165, 1.54) is 0 Å². The van der Waals surface area contributed by atoms with Crippen molar-refractivity contribution in [1.82, 2.24) is 14.8 Å². The number of aromatic nitrogens is 3. The van der Waals surface area contributed by atoms with Gasteiger partial charge in [0.2, 0.25) is 0 Å². The maximum atomic E-state index is 5.55. The summed E-state index contributed by atoms with van der Waals surface area (Å²) < 4.78 is 7.21. The Morgan fingerprint density at radius 1 is 1.50 bits per heavy atom. The van der Waals surface area contributed by atoms with Gasteiger partial charge in [0, 0.05) is 19.3 Å². The van der Waals surface area contributed by atoms with Gasteiger partial charge in [-0.3, -0.25) is 9.67 Å². The molecule has 0 aromatic carbocycles. The Bertz CT molecular complexity index is 523. The summed E-state index contributed by atoms with van der Waals surface area (Å²) in [6, 6.07) is 3.42. The largest absolute Gasteiger partial charge is 0.454 e. The predicted molar refractivity (Wildman–Crippen MR) is 63.4 cm³/mol. The molecular formula is C10H10N4OS. The van der Waals surface area contributed by atoms with Crippen molar-refractivity contribution >= 4 is 17.2 Å². The Labute approximate surface area is 97.9 Å². The molecule has 2 aromatic rings. The van der Waals surface area contributed by atoms with Gasteiger partial charge in [-0.2, -0.15) is 5.10 Å². The molecule has 0 saturated heterocycles. The van der Waals surface area contributed by atoms with Gasteiger partial charge in [0.15, 0.2) is 5.75 Å². The number of hydrogen-bond acceptors (Lipinski definition) is 4. The van der Waals surface area contributed by atoms with E-state index >= 15 is 0 Å². The third-order valence-corrected chi connectivity index (χ3v) is 2.11. The van der Waals surface area contributed by atoms with Crippen LogP contribution in [0.5, 0.6) is 11.5 Å². The monoisotopic (exact) mass is 234 g/mol. The average Bonchev–Trinajstić information content (AvgIpc) is 2.64. The van der Waals surface area contributed by atoms with E-state index in [1.54, 1.807) is 35.4 Å². The van der Waals surface area contributed by atoms with Crippen LogP contribution in [0.25, 0.3) is 0 Å². The van der Waals surface area contributed by atoms with E-state index < -0.39 is 0 Å². The number of ether oxygens (including phenoxy) is 1. The van der Waals surface area contributed by atoms with Gasteiger partial charge in [-0.25, -0.2) is 0 Å². The van der Waals surface area contributed by atoms with Crippen LogP contribution in [0.4, 0.5) is 0 Å². The fourth-order valence-electron chi connectivity index (χ4n) is 1.20. The number of nitrogens with two attached hydrogens (primary N) is 1. The molecule has 0 amide bonds. The van der Waals surface area contributed by atoms with Gasteiger partial charge in [-0.05, 0) is 6.07 Å². The number of rotatable bonds is 3. The van der Waals surface area contributed by atoms with Crippen LogP contribution in [0.3, 0.4) is 0 Å².